The molecular formula is C2F6Te2. The third-order valence-electron chi connectivity index (χ3n) is 0.231. The van der Waals surface area contributed by atoms with Crippen LogP contribution in [0, 0.1) is 0 Å². The fourth-order valence-corrected chi connectivity index (χ4v) is 4.25. The first-order valence-electron chi connectivity index (χ1n) is 1.71. The first-order valence-corrected chi connectivity index (χ1v) is 11.4. The van der Waals surface area contributed by atoms with E-state index in [-0.39, 0.29) is 0 Å². The van der Waals surface area contributed by atoms with Crippen LogP contribution in [0.25, 0.3) is 0 Å². The molecule has 0 N–H and O–H groups in total. The average molecular weight is 393 g/mol. The fraction of sp³-hybridized carbons (Fsp3) is 1.00. The van der Waals surface area contributed by atoms with E-state index in [1.807, 2.05) is 0 Å². The molecule has 0 atom stereocenters. The van der Waals surface area contributed by atoms with Gasteiger partial charge >= 0.3 is 68.9 Å². The van der Waals surface area contributed by atoms with Crippen LogP contribution in [0.2, 0.25) is 0 Å². The minimum atomic E-state index is -4.53. The Morgan fingerprint density at radius 1 is 0.600 bits per heavy atom. The molecule has 0 amide bonds. The van der Waals surface area contributed by atoms with E-state index in [4.69, 9.17) is 0 Å². The van der Waals surface area contributed by atoms with Crippen molar-refractivity contribution in [2.45, 2.75) is 8.45 Å². The summed E-state index contributed by atoms with van der Waals surface area (Å²) in [7, 11) is 0. The number of hydrogen-bond acceptors (Lipinski definition) is 0. The summed E-state index contributed by atoms with van der Waals surface area (Å²) in [6.45, 7) is 0. The monoisotopic (exact) mass is 398 g/mol. The van der Waals surface area contributed by atoms with Crippen molar-refractivity contribution in [3.63, 3.8) is 0 Å². The summed E-state index contributed by atoms with van der Waals surface area (Å²) in [5.41, 5.74) is 0. The van der Waals surface area contributed by atoms with Gasteiger partial charge in [0.15, 0.2) is 0 Å². The summed E-state index contributed by atoms with van der Waals surface area (Å²) in [6, 6.07) is 0. The van der Waals surface area contributed by atoms with E-state index in [0.717, 1.165) is 0 Å². The quantitative estimate of drug-likeness (QED) is 0.466. The summed E-state index contributed by atoms with van der Waals surface area (Å²) in [5.74, 6) is 0. The summed E-state index contributed by atoms with van der Waals surface area (Å²) in [6.07, 6.45) is 0. The van der Waals surface area contributed by atoms with Crippen molar-refractivity contribution in [1.82, 2.24) is 0 Å². The zero-order valence-electron chi connectivity index (χ0n) is 4.08. The van der Waals surface area contributed by atoms with Crippen molar-refractivity contribution in [1.29, 1.82) is 0 Å². The molecule has 0 rings (SSSR count). The van der Waals surface area contributed by atoms with Crippen molar-refractivity contribution in [2.24, 2.45) is 0 Å². The van der Waals surface area contributed by atoms with E-state index >= 15 is 0 Å². The number of halogens is 6. The van der Waals surface area contributed by atoms with Gasteiger partial charge in [-0.1, -0.05) is 0 Å². The van der Waals surface area contributed by atoms with Gasteiger partial charge in [0.25, 0.3) is 0 Å². The summed E-state index contributed by atoms with van der Waals surface area (Å²) in [4.78, 5) is 0. The molecular weight excluding hydrogens is 393 g/mol. The molecule has 0 saturated heterocycles. The summed E-state index contributed by atoms with van der Waals surface area (Å²) in [5, 5.41) is 0. The zero-order valence-corrected chi connectivity index (χ0v) is 8.75. The Bertz CT molecular complexity index is 87.3. The van der Waals surface area contributed by atoms with Crippen LogP contribution >= 0.6 is 0 Å². The molecule has 0 unspecified atom stereocenters. The van der Waals surface area contributed by atoms with Crippen molar-refractivity contribution < 1.29 is 26.3 Å². The van der Waals surface area contributed by atoms with E-state index in [2.05, 4.69) is 0 Å². The number of rotatable bonds is 1. The number of hydrogen-bond donors (Lipinski definition) is 0. The second-order valence-corrected chi connectivity index (χ2v) is 11.0. The molecule has 0 aliphatic rings. The molecule has 0 spiro atoms. The van der Waals surface area contributed by atoms with Crippen molar-refractivity contribution in [3.8, 4) is 0 Å². The van der Waals surface area contributed by atoms with Crippen molar-refractivity contribution in [2.75, 3.05) is 0 Å². The standard InChI is InChI=1S/C2F6Te2/c3-1(4,5)9-10-2(6,7)8. The molecule has 0 radical (unpaired) electrons. The predicted molar refractivity (Wildman–Crippen MR) is 23.6 cm³/mol. The molecule has 0 aliphatic carbocycles. The van der Waals surface area contributed by atoms with Crippen LogP contribution in [0.1, 0.15) is 0 Å². The molecule has 0 fully saturated rings. The maximum atomic E-state index is 11.2. The maximum absolute atomic E-state index is 11.2. The Morgan fingerprint density at radius 2 is 0.800 bits per heavy atom. The van der Waals surface area contributed by atoms with Crippen LogP contribution in [0.4, 0.5) is 26.3 Å². The van der Waals surface area contributed by atoms with Crippen LogP contribution in [-0.4, -0.2) is 42.6 Å². The van der Waals surface area contributed by atoms with Gasteiger partial charge in [-0.15, -0.1) is 0 Å². The molecule has 0 aromatic rings. The van der Waals surface area contributed by atoms with E-state index in [1.54, 1.807) is 0 Å². The fourth-order valence-electron chi connectivity index (χ4n) is 0.0945. The van der Waals surface area contributed by atoms with Gasteiger partial charge in [0, 0.05) is 0 Å². The third-order valence-corrected chi connectivity index (χ3v) is 10.4. The van der Waals surface area contributed by atoms with Crippen LogP contribution in [-0.2, 0) is 0 Å². The second kappa shape index (κ2) is 3.71. The molecule has 10 heavy (non-hydrogen) atoms. The van der Waals surface area contributed by atoms with Crippen molar-refractivity contribution in [3.05, 3.63) is 0 Å². The van der Waals surface area contributed by atoms with Gasteiger partial charge in [-0.2, -0.15) is 0 Å². The molecule has 0 saturated carbocycles. The third kappa shape index (κ3) is 9.16. The summed E-state index contributed by atoms with van der Waals surface area (Å²) >= 11 is -5.55. The second-order valence-electron chi connectivity index (χ2n) is 1.06. The first-order chi connectivity index (χ1) is 4.21. The van der Waals surface area contributed by atoms with Gasteiger partial charge in [-0.05, 0) is 0 Å². The Balaban J connectivity index is 3.56. The van der Waals surface area contributed by atoms with E-state index in [9.17, 15) is 26.3 Å². The van der Waals surface area contributed by atoms with Gasteiger partial charge in [-0.3, -0.25) is 0 Å². The van der Waals surface area contributed by atoms with Crippen LogP contribution < -0.4 is 0 Å². The molecule has 0 aromatic carbocycles. The molecule has 0 heterocycles. The summed E-state index contributed by atoms with van der Waals surface area (Å²) < 4.78 is 58.0. The van der Waals surface area contributed by atoms with Crippen LogP contribution in [0.15, 0.2) is 0 Å². The molecule has 0 bridgehead atoms. The zero-order chi connectivity index (χ0) is 8.41. The van der Waals surface area contributed by atoms with Gasteiger partial charge in [-0.25, -0.2) is 0 Å². The molecule has 8 heteroatoms. The normalized spacial score (nSPS) is 13.8. The van der Waals surface area contributed by atoms with Gasteiger partial charge < -0.3 is 0 Å². The van der Waals surface area contributed by atoms with E-state index < -0.39 is 42.6 Å². The number of alkyl halides is 6. The molecule has 0 nitrogen and oxygen atoms in total. The van der Waals surface area contributed by atoms with Gasteiger partial charge in [0.1, 0.15) is 0 Å². The topological polar surface area (TPSA) is 0 Å². The Labute approximate surface area is 68.7 Å². The van der Waals surface area contributed by atoms with E-state index in [1.165, 1.54) is 0 Å². The SMILES string of the molecule is FC(F)(F)[Te][Te]C(F)(F)F. The Kier molecular flexibility index (Phi) is 4.14. The van der Waals surface area contributed by atoms with Crippen LogP contribution in [0.5, 0.6) is 0 Å². The van der Waals surface area contributed by atoms with Crippen LogP contribution in [0.3, 0.4) is 0 Å². The Hall–Kier alpha value is 1.16. The van der Waals surface area contributed by atoms with Crippen molar-refractivity contribution >= 4 is 34.1 Å². The molecule has 62 valence electrons. The minimum absolute atomic E-state index is 2.77. The predicted octanol–water partition coefficient (Wildman–Crippen LogP) is 1.35. The van der Waals surface area contributed by atoms with Gasteiger partial charge in [0.05, 0.1) is 0 Å². The Morgan fingerprint density at radius 3 is 0.900 bits per heavy atom. The average Bonchev–Trinajstić information content (AvgIpc) is 1.57. The molecule has 0 aliphatic heterocycles. The molecule has 0 aromatic heterocycles. The van der Waals surface area contributed by atoms with E-state index in [0.29, 0.717) is 0 Å². The van der Waals surface area contributed by atoms with Gasteiger partial charge in [0.2, 0.25) is 0 Å². The first kappa shape index (κ1) is 11.2.